The van der Waals surface area contributed by atoms with Crippen LogP contribution in [0.3, 0.4) is 0 Å². The lowest BCUT2D eigenvalue weighted by Crippen LogP contribution is -1.91. The van der Waals surface area contributed by atoms with Crippen LogP contribution in [-0.4, -0.2) is 0 Å². The molecule has 0 aliphatic carbocycles. The van der Waals surface area contributed by atoms with Crippen LogP contribution < -0.4 is 0 Å². The van der Waals surface area contributed by atoms with Crippen LogP contribution in [0.4, 0.5) is 0 Å². The maximum atomic E-state index is 6.27. The SMILES string of the molecule is c1ccc2c(c1)oc1ccc(-c3cccc4c(-c5ccc6oc7ccccc7c6c5)c5cccc(-c6ccc7oc8ccccc8c7c6)c5cc34)cc12. The highest BCUT2D eigenvalue weighted by Gasteiger charge is 2.19. The zero-order valence-corrected chi connectivity index (χ0v) is 28.4. The van der Waals surface area contributed by atoms with E-state index < -0.39 is 0 Å². The fourth-order valence-corrected chi connectivity index (χ4v) is 8.65. The summed E-state index contributed by atoms with van der Waals surface area (Å²) in [6.45, 7) is 0. The van der Waals surface area contributed by atoms with Gasteiger partial charge >= 0.3 is 0 Å². The molecule has 12 rings (SSSR count). The molecule has 0 bridgehead atoms. The number of rotatable bonds is 3. The highest BCUT2D eigenvalue weighted by molar-refractivity contribution is 6.21. The summed E-state index contributed by atoms with van der Waals surface area (Å²) in [5, 5.41) is 11.5. The first kappa shape index (κ1) is 28.6. The van der Waals surface area contributed by atoms with Crippen LogP contribution in [0.1, 0.15) is 0 Å². The molecule has 0 fully saturated rings. The average molecular weight is 677 g/mol. The highest BCUT2D eigenvalue weighted by atomic mass is 16.3. The maximum absolute atomic E-state index is 6.27. The molecule has 0 N–H and O–H groups in total. The molecular weight excluding hydrogens is 649 g/mol. The predicted octanol–water partition coefficient (Wildman–Crippen LogP) is 14.7. The van der Waals surface area contributed by atoms with Gasteiger partial charge < -0.3 is 13.3 Å². The Labute approximate surface area is 302 Å². The van der Waals surface area contributed by atoms with E-state index in [1.54, 1.807) is 0 Å². The Hall–Kier alpha value is -7.10. The molecule has 246 valence electrons. The molecule has 3 nitrogen and oxygen atoms in total. The van der Waals surface area contributed by atoms with Gasteiger partial charge in [0.05, 0.1) is 0 Å². The van der Waals surface area contributed by atoms with Crippen LogP contribution in [-0.2, 0) is 0 Å². The summed E-state index contributed by atoms with van der Waals surface area (Å²) in [7, 11) is 0. The number of hydrogen-bond acceptors (Lipinski definition) is 3. The molecule has 0 radical (unpaired) electrons. The first-order valence-electron chi connectivity index (χ1n) is 18.0. The molecule has 9 aromatic carbocycles. The van der Waals surface area contributed by atoms with Gasteiger partial charge in [-0.1, -0.05) is 109 Å². The van der Waals surface area contributed by atoms with E-state index in [9.17, 15) is 0 Å². The molecule has 12 aromatic rings. The van der Waals surface area contributed by atoms with Gasteiger partial charge in [0.1, 0.15) is 33.5 Å². The van der Waals surface area contributed by atoms with Crippen LogP contribution in [0, 0.1) is 0 Å². The van der Waals surface area contributed by atoms with Crippen LogP contribution in [0.5, 0.6) is 0 Å². The van der Waals surface area contributed by atoms with E-state index in [1.807, 2.05) is 36.4 Å². The molecule has 3 aromatic heterocycles. The molecule has 0 saturated carbocycles. The molecule has 0 atom stereocenters. The van der Waals surface area contributed by atoms with Crippen LogP contribution in [0.2, 0.25) is 0 Å². The Balaban J connectivity index is 1.18. The minimum Gasteiger partial charge on any atom is -0.456 e. The lowest BCUT2D eigenvalue weighted by Gasteiger charge is -2.17. The smallest absolute Gasteiger partial charge is 0.135 e. The Morgan fingerprint density at radius 1 is 0.226 bits per heavy atom. The monoisotopic (exact) mass is 676 g/mol. The van der Waals surface area contributed by atoms with Crippen molar-refractivity contribution in [3.8, 4) is 33.4 Å². The molecular formula is C50H28O3. The minimum absolute atomic E-state index is 0.891. The van der Waals surface area contributed by atoms with E-state index in [4.69, 9.17) is 13.3 Å². The molecule has 0 saturated heterocycles. The van der Waals surface area contributed by atoms with Gasteiger partial charge in [0, 0.05) is 32.3 Å². The molecule has 0 aliphatic heterocycles. The second-order valence-electron chi connectivity index (χ2n) is 14.0. The van der Waals surface area contributed by atoms with Crippen LogP contribution in [0.15, 0.2) is 183 Å². The first-order chi connectivity index (χ1) is 26.2. The van der Waals surface area contributed by atoms with Crippen LogP contribution >= 0.6 is 0 Å². The van der Waals surface area contributed by atoms with Crippen molar-refractivity contribution >= 4 is 87.4 Å². The van der Waals surface area contributed by atoms with E-state index in [-0.39, 0.29) is 0 Å². The summed E-state index contributed by atoms with van der Waals surface area (Å²) in [5.41, 5.74) is 12.4. The van der Waals surface area contributed by atoms with Crippen LogP contribution in [0.25, 0.3) is 121 Å². The van der Waals surface area contributed by atoms with Gasteiger partial charge in [-0.3, -0.25) is 0 Å². The van der Waals surface area contributed by atoms with Crippen molar-refractivity contribution in [2.45, 2.75) is 0 Å². The number of furan rings is 3. The van der Waals surface area contributed by atoms with Gasteiger partial charge in [-0.25, -0.2) is 0 Å². The van der Waals surface area contributed by atoms with E-state index in [2.05, 4.69) is 133 Å². The lowest BCUT2D eigenvalue weighted by atomic mass is 9.86. The van der Waals surface area contributed by atoms with Crippen molar-refractivity contribution in [1.29, 1.82) is 0 Å². The normalized spacial score (nSPS) is 12.2. The van der Waals surface area contributed by atoms with Gasteiger partial charge in [0.25, 0.3) is 0 Å². The Morgan fingerprint density at radius 2 is 0.585 bits per heavy atom. The van der Waals surface area contributed by atoms with Gasteiger partial charge in [0.2, 0.25) is 0 Å². The van der Waals surface area contributed by atoms with E-state index in [0.717, 1.165) is 82.5 Å². The Bertz CT molecular complexity index is 3290. The van der Waals surface area contributed by atoms with Crippen molar-refractivity contribution in [3.63, 3.8) is 0 Å². The predicted molar refractivity (Wildman–Crippen MR) is 220 cm³/mol. The molecule has 53 heavy (non-hydrogen) atoms. The van der Waals surface area contributed by atoms with E-state index in [1.165, 1.54) is 38.2 Å². The van der Waals surface area contributed by atoms with Gasteiger partial charge in [-0.15, -0.1) is 0 Å². The standard InChI is InChI=1S/C50H28O3/c1-4-16-44-34(9-1)41-25-29(19-22-47(41)51-44)32-12-7-14-37-39(32)28-40-33(30-20-23-48-42(26-30)35-10-2-5-17-45(35)52-48)13-8-15-38(40)50(37)31-21-24-49-43(27-31)36-11-3-6-18-46(36)53-49/h1-28H. The molecule has 0 spiro atoms. The molecule has 0 aliphatic rings. The van der Waals surface area contributed by atoms with E-state index >= 15 is 0 Å². The second kappa shape index (κ2) is 10.7. The van der Waals surface area contributed by atoms with Gasteiger partial charge in [0.15, 0.2) is 0 Å². The lowest BCUT2D eigenvalue weighted by molar-refractivity contribution is 0.668. The van der Waals surface area contributed by atoms with Crippen molar-refractivity contribution in [3.05, 3.63) is 170 Å². The summed E-state index contributed by atoms with van der Waals surface area (Å²) in [4.78, 5) is 0. The maximum Gasteiger partial charge on any atom is 0.135 e. The summed E-state index contributed by atoms with van der Waals surface area (Å²) in [6.07, 6.45) is 0. The average Bonchev–Trinajstić information content (AvgIpc) is 3.90. The van der Waals surface area contributed by atoms with Gasteiger partial charge in [-0.05, 0) is 116 Å². The molecule has 0 amide bonds. The second-order valence-corrected chi connectivity index (χ2v) is 14.0. The Kier molecular flexibility index (Phi) is 5.77. The zero-order valence-electron chi connectivity index (χ0n) is 28.4. The number of benzene rings is 9. The number of fused-ring (bicyclic) bond motifs is 11. The minimum atomic E-state index is 0.891. The quantitative estimate of drug-likeness (QED) is 0.175. The molecule has 3 heterocycles. The molecule has 0 unspecified atom stereocenters. The Morgan fingerprint density at radius 3 is 1.04 bits per heavy atom. The summed E-state index contributed by atoms with van der Waals surface area (Å²) in [5.74, 6) is 0. The van der Waals surface area contributed by atoms with Crippen molar-refractivity contribution in [1.82, 2.24) is 0 Å². The fraction of sp³-hybridized carbons (Fsp3) is 0. The number of para-hydroxylation sites is 3. The van der Waals surface area contributed by atoms with Crippen molar-refractivity contribution < 1.29 is 13.3 Å². The summed E-state index contributed by atoms with van der Waals surface area (Å²) >= 11 is 0. The highest BCUT2D eigenvalue weighted by Crippen LogP contribution is 2.45. The van der Waals surface area contributed by atoms with Crippen molar-refractivity contribution in [2.75, 3.05) is 0 Å². The third-order valence-corrected chi connectivity index (χ3v) is 11.1. The largest absolute Gasteiger partial charge is 0.456 e. The third kappa shape index (κ3) is 4.16. The summed E-state index contributed by atoms with van der Waals surface area (Å²) in [6, 6.07) is 60.5. The third-order valence-electron chi connectivity index (χ3n) is 11.1. The number of hydrogen-bond donors (Lipinski definition) is 0. The summed E-state index contributed by atoms with van der Waals surface area (Å²) < 4.78 is 18.7. The van der Waals surface area contributed by atoms with E-state index in [0.29, 0.717) is 0 Å². The fourth-order valence-electron chi connectivity index (χ4n) is 8.65. The van der Waals surface area contributed by atoms with Crippen molar-refractivity contribution in [2.24, 2.45) is 0 Å². The zero-order chi connectivity index (χ0) is 34.6. The topological polar surface area (TPSA) is 39.4 Å². The molecule has 3 heteroatoms. The first-order valence-corrected chi connectivity index (χ1v) is 18.0. The van der Waals surface area contributed by atoms with Gasteiger partial charge in [-0.2, -0.15) is 0 Å².